The number of halogens is 1. The molecule has 200 valence electrons. The largest absolute Gasteiger partial charge is 0.497 e. The molecule has 0 spiro atoms. The molecule has 4 rings (SSSR count). The number of ether oxygens (including phenoxy) is 3. The van der Waals surface area contributed by atoms with Crippen molar-refractivity contribution < 1.29 is 23.1 Å². The molecule has 8 nitrogen and oxygen atoms in total. The van der Waals surface area contributed by atoms with E-state index >= 15 is 4.48 Å². The summed E-state index contributed by atoms with van der Waals surface area (Å²) in [7, 11) is 0.583. The lowest BCUT2D eigenvalue weighted by Crippen LogP contribution is -2.64. The lowest BCUT2D eigenvalue weighted by Gasteiger charge is -2.49. The van der Waals surface area contributed by atoms with Crippen LogP contribution in [0.3, 0.4) is 0 Å². The van der Waals surface area contributed by atoms with Crippen molar-refractivity contribution >= 4 is 20.0 Å². The van der Waals surface area contributed by atoms with Gasteiger partial charge >= 0.3 is 0 Å². The summed E-state index contributed by atoms with van der Waals surface area (Å²) in [6, 6.07) is 5.51. The number of benzene rings is 1. The molecular formula is C27H37FN4O4Si. The highest BCUT2D eigenvalue weighted by Crippen LogP contribution is 2.48. The van der Waals surface area contributed by atoms with Crippen LogP contribution in [-0.2, 0) is 21.6 Å². The van der Waals surface area contributed by atoms with Gasteiger partial charge in [-0.1, -0.05) is 37.2 Å². The van der Waals surface area contributed by atoms with E-state index in [1.807, 2.05) is 12.1 Å². The molecule has 0 bridgehead atoms. The first-order valence-electron chi connectivity index (χ1n) is 12.5. The maximum atomic E-state index is 16.9. The van der Waals surface area contributed by atoms with Gasteiger partial charge in [0.2, 0.25) is 0 Å². The number of methoxy groups -OCH3 is 2. The van der Waals surface area contributed by atoms with E-state index in [-0.39, 0.29) is 17.4 Å². The monoisotopic (exact) mass is 528 g/mol. The Bertz CT molecular complexity index is 1210. The average Bonchev–Trinajstić information content (AvgIpc) is 3.54. The van der Waals surface area contributed by atoms with E-state index in [2.05, 4.69) is 55.1 Å². The van der Waals surface area contributed by atoms with Crippen LogP contribution in [0.25, 0.3) is 0 Å². The molecule has 1 aromatic heterocycles. The van der Waals surface area contributed by atoms with Crippen LogP contribution in [0.2, 0.25) is 18.1 Å². The number of hydrogen-bond donors (Lipinski definition) is 2. The number of rotatable bonds is 8. The number of nitrogens with one attached hydrogen (secondary N) is 2. The zero-order valence-electron chi connectivity index (χ0n) is 22.7. The fourth-order valence-electron chi connectivity index (χ4n) is 4.38. The van der Waals surface area contributed by atoms with Gasteiger partial charge in [-0.2, -0.15) is 0 Å². The van der Waals surface area contributed by atoms with Crippen molar-refractivity contribution in [1.29, 1.82) is 0 Å². The maximum Gasteiger partial charge on any atom is 0.251 e. The molecule has 1 saturated heterocycles. The number of aromatic nitrogens is 1. The summed E-state index contributed by atoms with van der Waals surface area (Å²) in [5.41, 5.74) is 1.72. The molecule has 2 aromatic rings. The van der Waals surface area contributed by atoms with Crippen LogP contribution in [0.1, 0.15) is 50.3 Å². The van der Waals surface area contributed by atoms with Gasteiger partial charge in [-0.25, -0.2) is 4.99 Å². The second-order valence-electron chi connectivity index (χ2n) is 10.9. The van der Waals surface area contributed by atoms with Crippen molar-refractivity contribution in [3.05, 3.63) is 41.1 Å². The minimum Gasteiger partial charge on any atom is -0.497 e. The molecule has 1 aromatic carbocycles. The Balaban J connectivity index is 1.87. The van der Waals surface area contributed by atoms with Gasteiger partial charge in [0.25, 0.3) is 5.85 Å². The zero-order chi connectivity index (χ0) is 27.0. The Morgan fingerprint density at radius 1 is 1.32 bits per heavy atom. The molecule has 0 aliphatic carbocycles. The van der Waals surface area contributed by atoms with Gasteiger partial charge in [-0.15, -0.1) is 11.5 Å². The van der Waals surface area contributed by atoms with Gasteiger partial charge in [0.15, 0.2) is 14.2 Å². The van der Waals surface area contributed by atoms with Gasteiger partial charge in [0.1, 0.15) is 23.4 Å². The number of fused-ring (bicyclic) bond motifs is 1. The standard InChI is InChI=1S/C27H37FN4O4Si/c1-9-18-16-29-24-23(18)27(36-37(7,8)26(2,3)4,32(28)25(31-24)21-11-10-14-35-21)30-17-19-12-13-20(33-5)15-22(19)34-6/h1,12-13,15-16,21,29-30H,10-11,14,17H2,2-8H3/t21-,27-/m1/s1. The molecule has 0 saturated carbocycles. The molecule has 2 aliphatic heterocycles. The van der Waals surface area contributed by atoms with E-state index in [0.29, 0.717) is 46.6 Å². The van der Waals surface area contributed by atoms with E-state index in [1.165, 1.54) is 0 Å². The fourth-order valence-corrected chi connectivity index (χ4v) is 5.67. The summed E-state index contributed by atoms with van der Waals surface area (Å²) < 4.78 is 40.7. The fraction of sp³-hybridized carbons (Fsp3) is 0.519. The minimum atomic E-state index is -2.60. The SMILES string of the molecule is C#Cc1c[nH]c2c1[C@](NCc1ccc(OC)cc1OC)(O[Si](C)(C)C(C)(C)C)N(F)C([C@H]1CCCO1)=N2. The number of H-pyrrole nitrogens is 1. The van der Waals surface area contributed by atoms with Gasteiger partial charge in [-0.05, 0) is 37.0 Å². The topological polar surface area (TPSA) is 80.3 Å². The van der Waals surface area contributed by atoms with E-state index in [4.69, 9.17) is 25.1 Å². The van der Waals surface area contributed by atoms with Crippen LogP contribution in [-0.4, -0.2) is 51.2 Å². The Morgan fingerprint density at radius 2 is 2.08 bits per heavy atom. The summed E-state index contributed by atoms with van der Waals surface area (Å²) in [4.78, 5) is 7.76. The molecule has 2 N–H and O–H groups in total. The first kappa shape index (κ1) is 27.2. The summed E-state index contributed by atoms with van der Waals surface area (Å²) in [5, 5.41) is 3.78. The van der Waals surface area contributed by atoms with Crippen molar-refractivity contribution in [3.63, 3.8) is 0 Å². The van der Waals surface area contributed by atoms with Gasteiger partial charge in [0, 0.05) is 31.0 Å². The minimum absolute atomic E-state index is 0.156. The number of terminal acetylenes is 1. The highest BCUT2D eigenvalue weighted by molar-refractivity contribution is 6.74. The Morgan fingerprint density at radius 3 is 2.68 bits per heavy atom. The summed E-state index contributed by atoms with van der Waals surface area (Å²) in [5.74, 6) is 2.82. The smallest absolute Gasteiger partial charge is 0.251 e. The predicted octanol–water partition coefficient (Wildman–Crippen LogP) is 5.34. The second-order valence-corrected chi connectivity index (χ2v) is 15.6. The second kappa shape index (κ2) is 10.1. The van der Waals surface area contributed by atoms with Crippen LogP contribution in [0.4, 0.5) is 10.3 Å². The van der Waals surface area contributed by atoms with E-state index in [0.717, 1.165) is 12.0 Å². The molecule has 37 heavy (non-hydrogen) atoms. The van der Waals surface area contributed by atoms with Crippen LogP contribution in [0, 0.1) is 12.3 Å². The molecule has 2 atom stereocenters. The molecule has 10 heteroatoms. The summed E-state index contributed by atoms with van der Waals surface area (Å²) in [6.45, 7) is 11.3. The number of amidine groups is 1. The molecule has 0 unspecified atom stereocenters. The molecule has 1 fully saturated rings. The van der Waals surface area contributed by atoms with Crippen LogP contribution >= 0.6 is 0 Å². The third kappa shape index (κ3) is 4.89. The lowest BCUT2D eigenvalue weighted by molar-refractivity contribution is -0.183. The van der Waals surface area contributed by atoms with Crippen LogP contribution in [0.5, 0.6) is 11.5 Å². The van der Waals surface area contributed by atoms with Crippen LogP contribution < -0.4 is 14.8 Å². The quantitative estimate of drug-likeness (QED) is 0.208. The van der Waals surface area contributed by atoms with E-state index in [1.54, 1.807) is 26.5 Å². The van der Waals surface area contributed by atoms with Crippen molar-refractivity contribution in [2.75, 3.05) is 20.8 Å². The Kier molecular flexibility index (Phi) is 7.45. The number of aliphatic imine (C=N–C) groups is 1. The number of hydrogen-bond acceptors (Lipinski definition) is 7. The normalized spacial score (nSPS) is 21.9. The first-order chi connectivity index (χ1) is 17.5. The lowest BCUT2D eigenvalue weighted by atomic mass is 10.0. The Hall–Kier alpha value is -2.84. The van der Waals surface area contributed by atoms with Crippen LogP contribution in [0.15, 0.2) is 29.4 Å². The van der Waals surface area contributed by atoms with Crippen molar-refractivity contribution in [2.45, 2.75) is 70.2 Å². The molecule has 0 radical (unpaired) electrons. The van der Waals surface area contributed by atoms with Gasteiger partial charge in [-0.3, -0.25) is 5.32 Å². The van der Waals surface area contributed by atoms with Gasteiger partial charge < -0.3 is 23.6 Å². The van der Waals surface area contributed by atoms with Crippen molar-refractivity contribution in [1.82, 2.24) is 15.4 Å². The summed E-state index contributed by atoms with van der Waals surface area (Å²) in [6.07, 6.45) is 8.56. The highest BCUT2D eigenvalue weighted by Gasteiger charge is 2.56. The molecule has 0 amide bonds. The molecular weight excluding hydrogens is 491 g/mol. The van der Waals surface area contributed by atoms with Gasteiger partial charge in [0.05, 0.1) is 25.3 Å². The highest BCUT2D eigenvalue weighted by atomic mass is 28.4. The van der Waals surface area contributed by atoms with Crippen molar-refractivity contribution in [3.8, 4) is 23.8 Å². The average molecular weight is 529 g/mol. The zero-order valence-corrected chi connectivity index (χ0v) is 23.7. The number of nitrogens with zero attached hydrogens (tertiary/aromatic N) is 2. The predicted molar refractivity (Wildman–Crippen MR) is 144 cm³/mol. The maximum absolute atomic E-state index is 16.9. The molecule has 2 aliphatic rings. The van der Waals surface area contributed by atoms with Crippen molar-refractivity contribution in [2.24, 2.45) is 4.99 Å². The third-order valence-corrected chi connectivity index (χ3v) is 11.9. The third-order valence-electron chi connectivity index (χ3n) is 7.50. The Labute approximate surface area is 219 Å². The summed E-state index contributed by atoms with van der Waals surface area (Å²) >= 11 is 0. The number of aromatic amines is 1. The molecule has 3 heterocycles. The van der Waals surface area contributed by atoms with E-state index < -0.39 is 20.3 Å². The first-order valence-corrected chi connectivity index (χ1v) is 15.4. The van der Waals surface area contributed by atoms with E-state index in [9.17, 15) is 0 Å².